The molecule has 1 aliphatic carbocycles. The molecule has 5 nitrogen and oxygen atoms in total. The summed E-state index contributed by atoms with van der Waals surface area (Å²) in [5.41, 5.74) is 0. The van der Waals surface area contributed by atoms with E-state index >= 15 is 0 Å². The van der Waals surface area contributed by atoms with Crippen molar-refractivity contribution in [1.29, 1.82) is 0 Å². The number of carbonyl (C=O) groups excluding carboxylic acids is 1. The Morgan fingerprint density at radius 3 is 3.05 bits per heavy atom. The molecular weight excluding hydrogens is 276 g/mol. The number of ether oxygens (including phenoxy) is 1. The first-order chi connectivity index (χ1) is 9.72. The Bertz CT molecular complexity index is 411. The summed E-state index contributed by atoms with van der Waals surface area (Å²) in [4.78, 5) is 12.0. The fourth-order valence-corrected chi connectivity index (χ4v) is 3.32. The molecule has 1 aliphatic rings. The van der Waals surface area contributed by atoms with Crippen LogP contribution in [-0.4, -0.2) is 37.3 Å². The lowest BCUT2D eigenvalue weighted by Gasteiger charge is -2.19. The summed E-state index contributed by atoms with van der Waals surface area (Å²) in [5, 5.41) is 6.60. The van der Waals surface area contributed by atoms with Crippen LogP contribution in [0.4, 0.5) is 4.79 Å². The van der Waals surface area contributed by atoms with Crippen molar-refractivity contribution >= 4 is 17.8 Å². The second-order valence-electron chi connectivity index (χ2n) is 5.01. The van der Waals surface area contributed by atoms with E-state index < -0.39 is 0 Å². The van der Waals surface area contributed by atoms with Gasteiger partial charge in [0.05, 0.1) is 12.9 Å². The predicted octanol–water partition coefficient (Wildman–Crippen LogP) is 2.55. The van der Waals surface area contributed by atoms with Gasteiger partial charge in [-0.2, -0.15) is 11.8 Å². The first kappa shape index (κ1) is 15.3. The lowest BCUT2D eigenvalue weighted by molar-refractivity contribution is 0.156. The molecule has 0 unspecified atom stereocenters. The number of urea groups is 1. The van der Waals surface area contributed by atoms with Gasteiger partial charge >= 0.3 is 6.03 Å². The van der Waals surface area contributed by atoms with Crippen molar-refractivity contribution in [2.24, 2.45) is 0 Å². The lowest BCUT2D eigenvalue weighted by Crippen LogP contribution is -2.43. The third-order valence-corrected chi connectivity index (χ3v) is 4.67. The number of hydrogen-bond acceptors (Lipinski definition) is 4. The van der Waals surface area contributed by atoms with Crippen molar-refractivity contribution in [1.82, 2.24) is 10.6 Å². The number of rotatable bonds is 6. The van der Waals surface area contributed by atoms with Gasteiger partial charge in [0.25, 0.3) is 0 Å². The van der Waals surface area contributed by atoms with Crippen molar-refractivity contribution in [2.45, 2.75) is 36.6 Å². The molecule has 2 amide bonds. The molecule has 1 fully saturated rings. The molecule has 20 heavy (non-hydrogen) atoms. The molecule has 1 heterocycles. The zero-order valence-electron chi connectivity index (χ0n) is 11.9. The molecule has 1 aromatic rings. The quantitative estimate of drug-likeness (QED) is 0.847. The Hall–Kier alpha value is -1.14. The first-order valence-electron chi connectivity index (χ1n) is 6.85. The Balaban J connectivity index is 1.83. The highest BCUT2D eigenvalue weighted by molar-refractivity contribution is 7.99. The number of hydrogen-bond donors (Lipinski definition) is 2. The minimum atomic E-state index is -0.257. The molecule has 112 valence electrons. The molecule has 3 atom stereocenters. The molecule has 0 aliphatic heterocycles. The molecule has 1 saturated carbocycles. The van der Waals surface area contributed by atoms with Crippen LogP contribution in [0.3, 0.4) is 0 Å². The number of amides is 2. The zero-order chi connectivity index (χ0) is 14.4. The number of methoxy groups -OCH3 is 1. The predicted molar refractivity (Wildman–Crippen MR) is 79.9 cm³/mol. The summed E-state index contributed by atoms with van der Waals surface area (Å²) in [7, 11) is 1.61. The third kappa shape index (κ3) is 4.18. The lowest BCUT2D eigenvalue weighted by atomic mass is 10.2. The maximum Gasteiger partial charge on any atom is 0.315 e. The van der Waals surface area contributed by atoms with E-state index in [1.165, 1.54) is 6.42 Å². The molecule has 0 radical (unpaired) electrons. The molecule has 0 saturated heterocycles. The van der Waals surface area contributed by atoms with E-state index in [4.69, 9.17) is 9.15 Å². The van der Waals surface area contributed by atoms with E-state index in [0.717, 1.165) is 12.8 Å². The summed E-state index contributed by atoms with van der Waals surface area (Å²) >= 11 is 1.88. The number of furan rings is 1. The monoisotopic (exact) mass is 298 g/mol. The molecule has 0 spiro atoms. The summed E-state index contributed by atoms with van der Waals surface area (Å²) in [5.74, 6) is 0.704. The van der Waals surface area contributed by atoms with Gasteiger partial charge in [0.15, 0.2) is 0 Å². The maximum atomic E-state index is 12.0. The van der Waals surface area contributed by atoms with Crippen LogP contribution in [0.1, 0.15) is 31.1 Å². The molecule has 0 aromatic carbocycles. The molecular formula is C14H22N2O3S. The number of thioether (sulfide) groups is 1. The van der Waals surface area contributed by atoms with E-state index in [1.807, 2.05) is 17.8 Å². The largest absolute Gasteiger partial charge is 0.467 e. The summed E-state index contributed by atoms with van der Waals surface area (Å²) < 4.78 is 10.5. The normalized spacial score (nSPS) is 23.5. The first-order valence-corrected chi connectivity index (χ1v) is 8.14. The molecule has 6 heteroatoms. The van der Waals surface area contributed by atoms with Crippen molar-refractivity contribution in [3.05, 3.63) is 24.2 Å². The summed E-state index contributed by atoms with van der Waals surface area (Å²) in [6.45, 7) is 0.388. The van der Waals surface area contributed by atoms with Crippen molar-refractivity contribution in [2.75, 3.05) is 20.0 Å². The van der Waals surface area contributed by atoms with Crippen LogP contribution in [0, 0.1) is 0 Å². The van der Waals surface area contributed by atoms with Crippen LogP contribution in [0.15, 0.2) is 22.8 Å². The van der Waals surface area contributed by atoms with Crippen LogP contribution in [0.5, 0.6) is 0 Å². The van der Waals surface area contributed by atoms with E-state index in [0.29, 0.717) is 17.6 Å². The van der Waals surface area contributed by atoms with Crippen LogP contribution in [-0.2, 0) is 4.74 Å². The summed E-state index contributed by atoms with van der Waals surface area (Å²) in [6, 6.07) is 3.50. The highest BCUT2D eigenvalue weighted by Gasteiger charge is 2.26. The highest BCUT2D eigenvalue weighted by atomic mass is 32.2. The zero-order valence-corrected chi connectivity index (χ0v) is 12.7. The highest BCUT2D eigenvalue weighted by Crippen LogP contribution is 2.28. The molecule has 1 aromatic heterocycles. The number of carbonyl (C=O) groups is 1. The summed E-state index contributed by atoms with van der Waals surface area (Å²) in [6.07, 6.45) is 6.99. The fraction of sp³-hybridized carbons (Fsp3) is 0.643. The second-order valence-corrected chi connectivity index (χ2v) is 6.15. The average Bonchev–Trinajstić information content (AvgIpc) is 3.09. The Morgan fingerprint density at radius 2 is 2.45 bits per heavy atom. The van der Waals surface area contributed by atoms with Gasteiger partial charge in [0.1, 0.15) is 11.8 Å². The third-order valence-electron chi connectivity index (χ3n) is 3.58. The molecule has 2 N–H and O–H groups in total. The van der Waals surface area contributed by atoms with Crippen LogP contribution >= 0.6 is 11.8 Å². The molecule has 0 bridgehead atoms. The van der Waals surface area contributed by atoms with Crippen molar-refractivity contribution in [3.63, 3.8) is 0 Å². The molecule has 2 rings (SSSR count). The minimum absolute atomic E-state index is 0.157. The SMILES string of the molecule is COC[C@H](NC(=O)N[C@@H]1CC[C@@H](SC)C1)c1ccco1. The average molecular weight is 298 g/mol. The Morgan fingerprint density at radius 1 is 1.60 bits per heavy atom. The van der Waals surface area contributed by atoms with Crippen LogP contribution < -0.4 is 10.6 Å². The van der Waals surface area contributed by atoms with Crippen LogP contribution in [0.25, 0.3) is 0 Å². The smallest absolute Gasteiger partial charge is 0.315 e. The van der Waals surface area contributed by atoms with Gasteiger partial charge in [0.2, 0.25) is 0 Å². The topological polar surface area (TPSA) is 63.5 Å². The van der Waals surface area contributed by atoms with Gasteiger partial charge in [-0.15, -0.1) is 0 Å². The van der Waals surface area contributed by atoms with Gasteiger partial charge in [-0.1, -0.05) is 0 Å². The van der Waals surface area contributed by atoms with Crippen molar-refractivity contribution in [3.8, 4) is 0 Å². The van der Waals surface area contributed by atoms with Gasteiger partial charge in [-0.3, -0.25) is 0 Å². The Labute approximate surface area is 123 Å². The maximum absolute atomic E-state index is 12.0. The van der Waals surface area contributed by atoms with Gasteiger partial charge < -0.3 is 19.8 Å². The second kappa shape index (κ2) is 7.59. The fourth-order valence-electron chi connectivity index (χ4n) is 2.52. The van der Waals surface area contributed by atoms with Crippen molar-refractivity contribution < 1.29 is 13.9 Å². The van der Waals surface area contributed by atoms with E-state index in [-0.39, 0.29) is 18.1 Å². The standard InChI is InChI=1S/C14H22N2O3S/c1-18-9-12(13-4-3-7-19-13)16-14(17)15-10-5-6-11(8-10)20-2/h3-4,7,10-12H,5-6,8-9H2,1-2H3,(H2,15,16,17)/t10-,11-,12+/m1/s1. The van der Waals surface area contributed by atoms with Gasteiger partial charge in [-0.05, 0) is 37.7 Å². The Kier molecular flexibility index (Phi) is 5.79. The minimum Gasteiger partial charge on any atom is -0.467 e. The number of nitrogens with one attached hydrogen (secondary N) is 2. The van der Waals surface area contributed by atoms with Crippen LogP contribution in [0.2, 0.25) is 0 Å². The van der Waals surface area contributed by atoms with E-state index in [2.05, 4.69) is 16.9 Å². The van der Waals surface area contributed by atoms with Gasteiger partial charge in [-0.25, -0.2) is 4.79 Å². The van der Waals surface area contributed by atoms with Gasteiger partial charge in [0, 0.05) is 18.4 Å². The van der Waals surface area contributed by atoms with E-state index in [1.54, 1.807) is 19.4 Å². The van der Waals surface area contributed by atoms with E-state index in [9.17, 15) is 4.79 Å².